The van der Waals surface area contributed by atoms with E-state index in [4.69, 9.17) is 0 Å². The summed E-state index contributed by atoms with van der Waals surface area (Å²) < 4.78 is 44.3. The van der Waals surface area contributed by atoms with Crippen molar-refractivity contribution in [2.75, 3.05) is 5.32 Å². The zero-order valence-electron chi connectivity index (χ0n) is 15.9. The average molecular weight is 398 g/mol. The first-order valence-corrected chi connectivity index (χ1v) is 8.94. The SMILES string of the molecule is Cc1nc2c(F)cc(-c3nc(Nc4cccc(F)n4)ncc3F)cc2n1C(C)C. The van der Waals surface area contributed by atoms with Gasteiger partial charge < -0.3 is 9.88 Å². The summed E-state index contributed by atoms with van der Waals surface area (Å²) in [6.07, 6.45) is 0.969. The Bertz CT molecular complexity index is 1220. The van der Waals surface area contributed by atoms with Gasteiger partial charge in [-0.2, -0.15) is 4.39 Å². The first-order valence-electron chi connectivity index (χ1n) is 8.94. The van der Waals surface area contributed by atoms with Gasteiger partial charge in [0.1, 0.15) is 22.9 Å². The molecule has 0 aliphatic carbocycles. The number of halogens is 3. The van der Waals surface area contributed by atoms with Gasteiger partial charge in [-0.3, -0.25) is 0 Å². The lowest BCUT2D eigenvalue weighted by atomic mass is 10.1. The van der Waals surface area contributed by atoms with E-state index >= 15 is 0 Å². The summed E-state index contributed by atoms with van der Waals surface area (Å²) in [6.45, 7) is 5.70. The molecule has 6 nitrogen and oxygen atoms in total. The number of hydrogen-bond acceptors (Lipinski definition) is 5. The topological polar surface area (TPSA) is 68.5 Å². The predicted octanol–water partition coefficient (Wildman–Crippen LogP) is 4.94. The molecule has 0 saturated heterocycles. The number of benzene rings is 1. The summed E-state index contributed by atoms with van der Waals surface area (Å²) in [5.41, 5.74) is 0.921. The summed E-state index contributed by atoms with van der Waals surface area (Å²) >= 11 is 0. The fourth-order valence-corrected chi connectivity index (χ4v) is 3.28. The number of anilines is 2. The Morgan fingerprint density at radius 2 is 1.79 bits per heavy atom. The molecular weight excluding hydrogens is 381 g/mol. The maximum absolute atomic E-state index is 14.7. The zero-order valence-corrected chi connectivity index (χ0v) is 15.9. The molecule has 0 bridgehead atoms. The highest BCUT2D eigenvalue weighted by molar-refractivity contribution is 5.83. The maximum atomic E-state index is 14.7. The lowest BCUT2D eigenvalue weighted by Crippen LogP contribution is -2.04. The fourth-order valence-electron chi connectivity index (χ4n) is 3.28. The van der Waals surface area contributed by atoms with Crippen molar-refractivity contribution in [3.63, 3.8) is 0 Å². The highest BCUT2D eigenvalue weighted by atomic mass is 19.1. The molecule has 0 aliphatic rings. The molecule has 4 rings (SSSR count). The van der Waals surface area contributed by atoms with Crippen molar-refractivity contribution < 1.29 is 13.2 Å². The van der Waals surface area contributed by atoms with E-state index in [1.807, 2.05) is 18.4 Å². The van der Waals surface area contributed by atoms with E-state index in [0.29, 0.717) is 11.3 Å². The Morgan fingerprint density at radius 1 is 1.00 bits per heavy atom. The number of nitrogens with one attached hydrogen (secondary N) is 1. The van der Waals surface area contributed by atoms with Crippen LogP contribution < -0.4 is 5.32 Å². The Hall–Kier alpha value is -3.49. The van der Waals surface area contributed by atoms with E-state index in [9.17, 15) is 13.2 Å². The summed E-state index contributed by atoms with van der Waals surface area (Å²) in [4.78, 5) is 15.9. The van der Waals surface area contributed by atoms with Gasteiger partial charge in [0.05, 0.1) is 11.7 Å². The zero-order chi connectivity index (χ0) is 20.7. The van der Waals surface area contributed by atoms with Crippen LogP contribution in [0.25, 0.3) is 22.3 Å². The number of nitrogens with zero attached hydrogens (tertiary/aromatic N) is 5. The van der Waals surface area contributed by atoms with Gasteiger partial charge in [0.2, 0.25) is 11.9 Å². The van der Waals surface area contributed by atoms with Crippen LogP contribution in [0.15, 0.2) is 36.5 Å². The van der Waals surface area contributed by atoms with Gasteiger partial charge in [0, 0.05) is 11.6 Å². The van der Waals surface area contributed by atoms with Gasteiger partial charge >= 0.3 is 0 Å². The molecule has 0 atom stereocenters. The number of rotatable bonds is 4. The number of imidazole rings is 1. The third kappa shape index (κ3) is 3.51. The molecule has 0 amide bonds. The van der Waals surface area contributed by atoms with Crippen LogP contribution in [0.3, 0.4) is 0 Å². The highest BCUT2D eigenvalue weighted by Crippen LogP contribution is 2.30. The van der Waals surface area contributed by atoms with Crippen LogP contribution >= 0.6 is 0 Å². The molecule has 0 radical (unpaired) electrons. The summed E-state index contributed by atoms with van der Waals surface area (Å²) in [7, 11) is 0. The van der Waals surface area contributed by atoms with Crippen molar-refractivity contribution in [2.24, 2.45) is 0 Å². The largest absolute Gasteiger partial charge is 0.326 e. The first kappa shape index (κ1) is 18.9. The second-order valence-corrected chi connectivity index (χ2v) is 6.81. The lowest BCUT2D eigenvalue weighted by Gasteiger charge is -2.12. The van der Waals surface area contributed by atoms with E-state index in [1.165, 1.54) is 24.3 Å². The Balaban J connectivity index is 1.82. The van der Waals surface area contributed by atoms with Gasteiger partial charge in [-0.25, -0.2) is 28.7 Å². The quantitative estimate of drug-likeness (QED) is 0.493. The summed E-state index contributed by atoms with van der Waals surface area (Å²) in [5, 5.41) is 2.72. The lowest BCUT2D eigenvalue weighted by molar-refractivity contribution is 0.585. The fraction of sp³-hybridized carbons (Fsp3) is 0.200. The monoisotopic (exact) mass is 398 g/mol. The van der Waals surface area contributed by atoms with Crippen LogP contribution in [0.5, 0.6) is 0 Å². The van der Waals surface area contributed by atoms with Crippen LogP contribution in [0.4, 0.5) is 24.9 Å². The second kappa shape index (κ2) is 7.16. The van der Waals surface area contributed by atoms with E-state index in [2.05, 4.69) is 25.3 Å². The Kier molecular flexibility index (Phi) is 4.65. The van der Waals surface area contributed by atoms with Crippen LogP contribution in [0, 0.1) is 24.5 Å². The molecule has 29 heavy (non-hydrogen) atoms. The third-order valence-electron chi connectivity index (χ3n) is 4.41. The molecule has 3 heterocycles. The molecule has 0 spiro atoms. The summed E-state index contributed by atoms with van der Waals surface area (Å²) in [6, 6.07) is 7.06. The van der Waals surface area contributed by atoms with Crippen LogP contribution in [-0.2, 0) is 0 Å². The maximum Gasteiger partial charge on any atom is 0.229 e. The molecule has 0 unspecified atom stereocenters. The minimum Gasteiger partial charge on any atom is -0.326 e. The molecule has 4 aromatic rings. The molecular formula is C20H17F3N6. The van der Waals surface area contributed by atoms with Gasteiger partial charge in [0.15, 0.2) is 11.6 Å². The predicted molar refractivity (Wildman–Crippen MR) is 103 cm³/mol. The van der Waals surface area contributed by atoms with Crippen molar-refractivity contribution in [3.05, 3.63) is 59.9 Å². The van der Waals surface area contributed by atoms with Crippen molar-refractivity contribution in [3.8, 4) is 11.3 Å². The third-order valence-corrected chi connectivity index (χ3v) is 4.41. The van der Waals surface area contributed by atoms with E-state index in [1.54, 1.807) is 13.0 Å². The summed E-state index contributed by atoms with van der Waals surface area (Å²) in [5.74, 6) is -1.13. The molecule has 3 aromatic heterocycles. The van der Waals surface area contributed by atoms with Crippen LogP contribution in [0.2, 0.25) is 0 Å². The minimum absolute atomic E-state index is 0.00792. The van der Waals surface area contributed by atoms with Crippen molar-refractivity contribution in [1.29, 1.82) is 0 Å². The number of pyridine rings is 1. The van der Waals surface area contributed by atoms with Crippen molar-refractivity contribution in [1.82, 2.24) is 24.5 Å². The Morgan fingerprint density at radius 3 is 2.52 bits per heavy atom. The molecule has 1 aromatic carbocycles. The molecule has 0 fully saturated rings. The Labute approximate surface area is 164 Å². The van der Waals surface area contributed by atoms with E-state index in [-0.39, 0.29) is 34.6 Å². The standard InChI is InChI=1S/C20H17F3N6/c1-10(2)29-11(3)25-19-13(21)7-12(8-15(19)29)18-14(22)9-24-20(28-18)27-17-6-4-5-16(23)26-17/h4-10H,1-3H3,(H,24,26,27,28). The average Bonchev–Trinajstić information content (AvgIpc) is 3.00. The molecule has 0 saturated carbocycles. The van der Waals surface area contributed by atoms with Gasteiger partial charge in [-0.05, 0) is 45.0 Å². The van der Waals surface area contributed by atoms with Crippen molar-refractivity contribution in [2.45, 2.75) is 26.8 Å². The molecule has 0 aliphatic heterocycles. The highest BCUT2D eigenvalue weighted by Gasteiger charge is 2.18. The van der Waals surface area contributed by atoms with Crippen LogP contribution in [-0.4, -0.2) is 24.5 Å². The van der Waals surface area contributed by atoms with Gasteiger partial charge in [0.25, 0.3) is 0 Å². The number of fused-ring (bicyclic) bond motifs is 1. The smallest absolute Gasteiger partial charge is 0.229 e. The first-order chi connectivity index (χ1) is 13.8. The molecule has 9 heteroatoms. The number of hydrogen-bond donors (Lipinski definition) is 1. The van der Waals surface area contributed by atoms with E-state index in [0.717, 1.165) is 6.20 Å². The second-order valence-electron chi connectivity index (χ2n) is 6.81. The molecule has 1 N–H and O–H groups in total. The van der Waals surface area contributed by atoms with Crippen molar-refractivity contribution >= 4 is 22.8 Å². The number of aromatic nitrogens is 5. The van der Waals surface area contributed by atoms with Gasteiger partial charge in [-0.15, -0.1) is 0 Å². The normalized spacial score (nSPS) is 11.4. The van der Waals surface area contributed by atoms with E-state index < -0.39 is 17.6 Å². The molecule has 148 valence electrons. The van der Waals surface area contributed by atoms with Crippen LogP contribution in [0.1, 0.15) is 25.7 Å². The number of aryl methyl sites for hydroxylation is 1. The minimum atomic E-state index is -0.714. The van der Waals surface area contributed by atoms with Gasteiger partial charge in [-0.1, -0.05) is 6.07 Å².